The highest BCUT2D eigenvalue weighted by atomic mass is 35.5. The molecule has 2 heterocycles. The third-order valence-corrected chi connectivity index (χ3v) is 5.25. The maximum atomic E-state index is 12.6. The topological polar surface area (TPSA) is 70.7 Å². The van der Waals surface area contributed by atoms with Gasteiger partial charge < -0.3 is 5.32 Å². The van der Waals surface area contributed by atoms with Crippen LogP contribution in [0.25, 0.3) is 11.0 Å². The van der Waals surface area contributed by atoms with Gasteiger partial charge in [-0.15, -0.1) is 11.8 Å². The molecule has 116 valence electrons. The zero-order chi connectivity index (χ0) is 15.8. The summed E-state index contributed by atoms with van der Waals surface area (Å²) in [7, 11) is 0. The molecule has 0 saturated carbocycles. The largest absolute Gasteiger partial charge is 0.345 e. The van der Waals surface area contributed by atoms with Crippen molar-refractivity contribution in [2.24, 2.45) is 0 Å². The minimum absolute atomic E-state index is 0.0227. The van der Waals surface area contributed by atoms with Crippen LogP contribution in [0.3, 0.4) is 0 Å². The van der Waals surface area contributed by atoms with E-state index in [9.17, 15) is 4.79 Å². The first-order valence-corrected chi connectivity index (χ1v) is 8.61. The predicted octanol–water partition coefficient (Wildman–Crippen LogP) is 3.58. The molecule has 0 spiro atoms. The van der Waals surface area contributed by atoms with Gasteiger partial charge >= 0.3 is 0 Å². The Hall–Kier alpha value is -2.05. The zero-order valence-electron chi connectivity index (χ0n) is 12.0. The van der Waals surface area contributed by atoms with E-state index in [-0.39, 0.29) is 11.9 Å². The van der Waals surface area contributed by atoms with Crippen LogP contribution in [-0.2, 0) is 0 Å². The fourth-order valence-electron chi connectivity index (χ4n) is 2.74. The van der Waals surface area contributed by atoms with Gasteiger partial charge in [-0.2, -0.15) is 15.4 Å². The predicted molar refractivity (Wildman–Crippen MR) is 90.9 cm³/mol. The van der Waals surface area contributed by atoms with Crippen LogP contribution in [0.2, 0.25) is 5.02 Å². The van der Waals surface area contributed by atoms with Gasteiger partial charge in [0.15, 0.2) is 0 Å². The first-order valence-electron chi connectivity index (χ1n) is 7.24. The molecule has 5 nitrogen and oxygen atoms in total. The minimum atomic E-state index is -0.113. The maximum Gasteiger partial charge on any atom is 0.251 e. The monoisotopic (exact) mass is 344 g/mol. The highest BCUT2D eigenvalue weighted by Crippen LogP contribution is 2.37. The fraction of sp³-hybridized carbons (Fsp3) is 0.188. The second-order valence-corrected chi connectivity index (χ2v) is 6.95. The quantitative estimate of drug-likeness (QED) is 0.745. The van der Waals surface area contributed by atoms with Gasteiger partial charge in [0.2, 0.25) is 0 Å². The van der Waals surface area contributed by atoms with Gasteiger partial charge in [-0.1, -0.05) is 11.6 Å². The standard InChI is InChI=1S/C16H13ClN4OS/c17-10-2-4-15-11(8-10)12(5-6-23-15)18-16(22)9-1-3-13-14(7-9)20-21-19-13/h1-4,7-8,12H,5-6H2,(H,18,22)(H,19,20,21)/t12-/m1/s1. The Morgan fingerprint density at radius 3 is 3.00 bits per heavy atom. The van der Waals surface area contributed by atoms with E-state index in [0.717, 1.165) is 23.3 Å². The molecule has 0 aliphatic carbocycles. The molecule has 1 atom stereocenters. The number of carbonyl (C=O) groups excluding carboxylic acids is 1. The Kier molecular flexibility index (Phi) is 3.71. The van der Waals surface area contributed by atoms with E-state index in [2.05, 4.69) is 20.7 Å². The number of hydrogen-bond donors (Lipinski definition) is 2. The number of fused-ring (bicyclic) bond motifs is 2. The van der Waals surface area contributed by atoms with Crippen molar-refractivity contribution in [1.82, 2.24) is 20.7 Å². The van der Waals surface area contributed by atoms with Gasteiger partial charge in [-0.05, 0) is 48.4 Å². The van der Waals surface area contributed by atoms with E-state index in [1.54, 1.807) is 30.0 Å². The van der Waals surface area contributed by atoms with Crippen LogP contribution in [0.4, 0.5) is 0 Å². The third kappa shape index (κ3) is 2.80. The summed E-state index contributed by atoms with van der Waals surface area (Å²) >= 11 is 7.90. The number of halogens is 1. The number of rotatable bonds is 2. The van der Waals surface area contributed by atoms with E-state index in [1.807, 2.05) is 18.2 Å². The smallest absolute Gasteiger partial charge is 0.251 e. The SMILES string of the molecule is O=C(N[C@@H]1CCSc2ccc(Cl)cc21)c1ccc2n[nH]nc2c1. The normalized spacial score (nSPS) is 17.0. The molecule has 1 aliphatic heterocycles. The van der Waals surface area contributed by atoms with Gasteiger partial charge in [0.25, 0.3) is 5.91 Å². The Labute approximate surface area is 141 Å². The van der Waals surface area contributed by atoms with Crippen LogP contribution in [0.5, 0.6) is 0 Å². The molecule has 0 fully saturated rings. The lowest BCUT2D eigenvalue weighted by atomic mass is 10.0. The number of benzene rings is 2. The van der Waals surface area contributed by atoms with Crippen LogP contribution >= 0.6 is 23.4 Å². The Bertz CT molecular complexity index is 895. The molecule has 7 heteroatoms. The van der Waals surface area contributed by atoms with Crippen LogP contribution in [0.15, 0.2) is 41.3 Å². The first-order chi connectivity index (χ1) is 11.2. The van der Waals surface area contributed by atoms with E-state index in [1.165, 1.54) is 4.90 Å². The van der Waals surface area contributed by atoms with Gasteiger partial charge in [0, 0.05) is 21.2 Å². The van der Waals surface area contributed by atoms with Gasteiger partial charge in [0.05, 0.1) is 6.04 Å². The molecule has 1 amide bonds. The maximum absolute atomic E-state index is 12.6. The number of aromatic amines is 1. The Morgan fingerprint density at radius 2 is 2.09 bits per heavy atom. The summed E-state index contributed by atoms with van der Waals surface area (Å²) < 4.78 is 0. The van der Waals surface area contributed by atoms with E-state index in [0.29, 0.717) is 16.1 Å². The second kappa shape index (κ2) is 5.86. The number of H-pyrrole nitrogens is 1. The molecule has 23 heavy (non-hydrogen) atoms. The second-order valence-electron chi connectivity index (χ2n) is 5.37. The minimum Gasteiger partial charge on any atom is -0.345 e. The molecule has 2 N–H and O–H groups in total. The molecule has 3 aromatic rings. The molecule has 0 unspecified atom stereocenters. The van der Waals surface area contributed by atoms with Crippen molar-refractivity contribution in [2.75, 3.05) is 5.75 Å². The molecule has 0 bridgehead atoms. The lowest BCUT2D eigenvalue weighted by Gasteiger charge is -2.26. The summed E-state index contributed by atoms with van der Waals surface area (Å²) in [6.45, 7) is 0. The molecule has 2 aromatic carbocycles. The average Bonchev–Trinajstić information content (AvgIpc) is 3.03. The summed E-state index contributed by atoms with van der Waals surface area (Å²) in [6.07, 6.45) is 0.885. The van der Waals surface area contributed by atoms with Crippen LogP contribution in [0.1, 0.15) is 28.4 Å². The lowest BCUT2D eigenvalue weighted by molar-refractivity contribution is 0.0935. The van der Waals surface area contributed by atoms with Crippen molar-refractivity contribution in [2.45, 2.75) is 17.4 Å². The van der Waals surface area contributed by atoms with Gasteiger partial charge in [-0.25, -0.2) is 0 Å². The van der Waals surface area contributed by atoms with Crippen LogP contribution in [-0.4, -0.2) is 27.1 Å². The number of carbonyl (C=O) groups is 1. The van der Waals surface area contributed by atoms with E-state index < -0.39 is 0 Å². The van der Waals surface area contributed by atoms with Crippen molar-refractivity contribution < 1.29 is 4.79 Å². The number of nitrogens with one attached hydrogen (secondary N) is 2. The molecular weight excluding hydrogens is 332 g/mol. The number of hydrogen-bond acceptors (Lipinski definition) is 4. The van der Waals surface area contributed by atoms with Crippen molar-refractivity contribution in [3.63, 3.8) is 0 Å². The number of amides is 1. The third-order valence-electron chi connectivity index (χ3n) is 3.90. The summed E-state index contributed by atoms with van der Waals surface area (Å²) in [5.74, 6) is 0.861. The summed E-state index contributed by atoms with van der Waals surface area (Å²) in [5.41, 5.74) is 3.09. The Morgan fingerprint density at radius 1 is 1.22 bits per heavy atom. The van der Waals surface area contributed by atoms with E-state index in [4.69, 9.17) is 11.6 Å². The van der Waals surface area contributed by atoms with Crippen LogP contribution in [0, 0.1) is 0 Å². The first kappa shape index (κ1) is 14.5. The highest BCUT2D eigenvalue weighted by Gasteiger charge is 2.23. The average molecular weight is 345 g/mol. The fourth-order valence-corrected chi connectivity index (χ4v) is 4.02. The molecule has 0 radical (unpaired) electrons. The van der Waals surface area contributed by atoms with Crippen molar-refractivity contribution in [1.29, 1.82) is 0 Å². The molecular formula is C16H13ClN4OS. The summed E-state index contributed by atoms with van der Waals surface area (Å²) in [4.78, 5) is 13.7. The van der Waals surface area contributed by atoms with Gasteiger partial charge in [0.1, 0.15) is 11.0 Å². The van der Waals surface area contributed by atoms with Crippen LogP contribution < -0.4 is 5.32 Å². The zero-order valence-corrected chi connectivity index (χ0v) is 13.6. The number of aromatic nitrogens is 3. The van der Waals surface area contributed by atoms with Crippen molar-refractivity contribution in [3.8, 4) is 0 Å². The van der Waals surface area contributed by atoms with Gasteiger partial charge in [-0.3, -0.25) is 4.79 Å². The highest BCUT2D eigenvalue weighted by molar-refractivity contribution is 7.99. The molecule has 1 aromatic heterocycles. The van der Waals surface area contributed by atoms with E-state index >= 15 is 0 Å². The summed E-state index contributed by atoms with van der Waals surface area (Å²) in [5, 5.41) is 14.4. The van der Waals surface area contributed by atoms with Crippen molar-refractivity contribution in [3.05, 3.63) is 52.5 Å². The number of nitrogens with zero attached hydrogens (tertiary/aromatic N) is 2. The number of thioether (sulfide) groups is 1. The lowest BCUT2D eigenvalue weighted by Crippen LogP contribution is -2.30. The Balaban J connectivity index is 1.61. The van der Waals surface area contributed by atoms with Crippen molar-refractivity contribution >= 4 is 40.3 Å². The molecule has 0 saturated heterocycles. The molecule has 4 rings (SSSR count). The molecule has 1 aliphatic rings. The summed E-state index contributed by atoms with van der Waals surface area (Å²) in [6, 6.07) is 11.1.